The number of rotatable bonds is 6. The van der Waals surface area contributed by atoms with E-state index in [0.717, 1.165) is 0 Å². The Balaban J connectivity index is 5.06. The summed E-state index contributed by atoms with van der Waals surface area (Å²) in [4.78, 5) is 0. The van der Waals surface area contributed by atoms with E-state index in [1.165, 1.54) is 0 Å². The molecule has 4 heteroatoms. The first kappa shape index (κ1) is 14.8. The molecule has 0 aromatic carbocycles. The molecule has 0 aliphatic rings. The van der Waals surface area contributed by atoms with Crippen molar-refractivity contribution in [2.45, 2.75) is 58.7 Å². The Morgan fingerprint density at radius 2 is 1.67 bits per heavy atom. The highest BCUT2D eigenvalue weighted by Crippen LogP contribution is 2.44. The van der Waals surface area contributed by atoms with Gasteiger partial charge in [-0.1, -0.05) is 33.6 Å². The van der Waals surface area contributed by atoms with Gasteiger partial charge in [0.1, 0.15) is 0 Å². The van der Waals surface area contributed by atoms with Gasteiger partial charge < -0.3 is 4.74 Å². The van der Waals surface area contributed by atoms with Crippen molar-refractivity contribution >= 4 is 0 Å². The summed E-state index contributed by atoms with van der Waals surface area (Å²) < 4.78 is 44.2. The Hall–Kier alpha value is -0.250. The van der Waals surface area contributed by atoms with Crippen LogP contribution in [0.1, 0.15) is 47.0 Å². The molecular weight excluding hydrogens is 205 g/mol. The van der Waals surface area contributed by atoms with E-state index in [1.54, 1.807) is 27.7 Å². The first-order chi connectivity index (χ1) is 6.85. The number of hydrogen-bond donors (Lipinski definition) is 0. The van der Waals surface area contributed by atoms with Gasteiger partial charge in [-0.15, -0.1) is 0 Å². The average molecular weight is 226 g/mol. The third-order valence-electron chi connectivity index (χ3n) is 2.91. The van der Waals surface area contributed by atoms with Crippen LogP contribution in [0.4, 0.5) is 13.2 Å². The van der Waals surface area contributed by atoms with Crippen LogP contribution in [-0.2, 0) is 4.74 Å². The topological polar surface area (TPSA) is 9.23 Å². The van der Waals surface area contributed by atoms with Crippen LogP contribution in [0.25, 0.3) is 0 Å². The van der Waals surface area contributed by atoms with Gasteiger partial charge in [0.15, 0.2) is 5.60 Å². The van der Waals surface area contributed by atoms with E-state index in [1.807, 2.05) is 0 Å². The van der Waals surface area contributed by atoms with Crippen LogP contribution in [-0.4, -0.2) is 18.4 Å². The molecule has 0 amide bonds. The second kappa shape index (κ2) is 5.73. The molecule has 0 aliphatic carbocycles. The van der Waals surface area contributed by atoms with E-state index < -0.39 is 17.7 Å². The van der Waals surface area contributed by atoms with E-state index in [0.29, 0.717) is 12.8 Å². The van der Waals surface area contributed by atoms with E-state index in [2.05, 4.69) is 0 Å². The number of halogens is 3. The lowest BCUT2D eigenvalue weighted by atomic mass is 9.82. The van der Waals surface area contributed by atoms with E-state index in [4.69, 9.17) is 4.74 Å². The van der Waals surface area contributed by atoms with Gasteiger partial charge in [0.05, 0.1) is 0 Å². The zero-order valence-electron chi connectivity index (χ0n) is 9.95. The summed E-state index contributed by atoms with van der Waals surface area (Å²) >= 11 is 0. The van der Waals surface area contributed by atoms with Crippen molar-refractivity contribution in [3.8, 4) is 0 Å². The van der Waals surface area contributed by atoms with Gasteiger partial charge in [-0.2, -0.15) is 13.2 Å². The predicted octanol–water partition coefficient (Wildman–Crippen LogP) is 4.17. The molecule has 15 heavy (non-hydrogen) atoms. The van der Waals surface area contributed by atoms with Gasteiger partial charge in [0.25, 0.3) is 0 Å². The van der Waals surface area contributed by atoms with Gasteiger partial charge in [-0.05, 0) is 19.3 Å². The molecule has 0 fully saturated rings. The number of ether oxygens (including phenoxy) is 1. The quantitative estimate of drug-likeness (QED) is 0.660. The van der Waals surface area contributed by atoms with Gasteiger partial charge in [-0.25, -0.2) is 0 Å². The SMILES string of the molecule is CCCC(OCC)(C(C)CC)C(F)(F)F. The minimum Gasteiger partial charge on any atom is -0.366 e. The van der Waals surface area contributed by atoms with Gasteiger partial charge >= 0.3 is 6.18 Å². The Morgan fingerprint density at radius 3 is 1.93 bits per heavy atom. The highest BCUT2D eigenvalue weighted by atomic mass is 19.4. The molecule has 0 bridgehead atoms. The lowest BCUT2D eigenvalue weighted by Gasteiger charge is -2.40. The molecule has 0 spiro atoms. The molecule has 0 saturated carbocycles. The zero-order chi connectivity index (χ0) is 12.1. The van der Waals surface area contributed by atoms with Gasteiger partial charge in [0.2, 0.25) is 0 Å². The minimum absolute atomic E-state index is 0.0410. The highest BCUT2D eigenvalue weighted by Gasteiger charge is 2.57. The maximum atomic E-state index is 13.1. The second-order valence-electron chi connectivity index (χ2n) is 3.88. The summed E-state index contributed by atoms with van der Waals surface area (Å²) in [5.41, 5.74) is -1.95. The molecule has 2 unspecified atom stereocenters. The molecule has 92 valence electrons. The largest absolute Gasteiger partial charge is 0.417 e. The molecule has 0 aliphatic heterocycles. The van der Waals surface area contributed by atoms with Crippen molar-refractivity contribution in [1.82, 2.24) is 0 Å². The summed E-state index contributed by atoms with van der Waals surface area (Å²) in [7, 11) is 0. The fourth-order valence-corrected chi connectivity index (χ4v) is 1.92. The normalized spacial score (nSPS) is 18.6. The molecule has 0 saturated heterocycles. The van der Waals surface area contributed by atoms with Crippen molar-refractivity contribution in [3.63, 3.8) is 0 Å². The first-order valence-electron chi connectivity index (χ1n) is 5.56. The Morgan fingerprint density at radius 1 is 1.13 bits per heavy atom. The summed E-state index contributed by atoms with van der Waals surface area (Å²) in [6.07, 6.45) is -3.29. The maximum Gasteiger partial charge on any atom is 0.417 e. The highest BCUT2D eigenvalue weighted by molar-refractivity contribution is 4.92. The van der Waals surface area contributed by atoms with Crippen LogP contribution in [0, 0.1) is 5.92 Å². The lowest BCUT2D eigenvalue weighted by Crippen LogP contribution is -2.52. The molecule has 0 N–H and O–H groups in total. The monoisotopic (exact) mass is 226 g/mol. The van der Waals surface area contributed by atoms with Crippen LogP contribution in [0.5, 0.6) is 0 Å². The molecular formula is C11H21F3O. The summed E-state index contributed by atoms with van der Waals surface area (Å²) in [6, 6.07) is 0. The second-order valence-corrected chi connectivity index (χ2v) is 3.88. The van der Waals surface area contributed by atoms with Crippen LogP contribution in [0.15, 0.2) is 0 Å². The third-order valence-corrected chi connectivity index (χ3v) is 2.91. The van der Waals surface area contributed by atoms with Crippen LogP contribution < -0.4 is 0 Å². The standard InChI is InChI=1S/C11H21F3O/c1-5-8-10(15-7-3,9(4)6-2)11(12,13)14/h9H,5-8H2,1-4H3. The van der Waals surface area contributed by atoms with E-state index >= 15 is 0 Å². The van der Waals surface area contributed by atoms with Gasteiger partial charge in [0, 0.05) is 6.61 Å². The molecule has 0 aromatic heterocycles. The van der Waals surface area contributed by atoms with Crippen LogP contribution >= 0.6 is 0 Å². The zero-order valence-corrected chi connectivity index (χ0v) is 9.95. The van der Waals surface area contributed by atoms with Crippen molar-refractivity contribution < 1.29 is 17.9 Å². The molecule has 0 aromatic rings. The Kier molecular flexibility index (Phi) is 5.63. The molecule has 0 rings (SSSR count). The van der Waals surface area contributed by atoms with Crippen LogP contribution in [0.3, 0.4) is 0 Å². The Bertz CT molecular complexity index is 171. The predicted molar refractivity (Wildman–Crippen MR) is 54.8 cm³/mol. The number of alkyl halides is 3. The van der Waals surface area contributed by atoms with Crippen LogP contribution in [0.2, 0.25) is 0 Å². The lowest BCUT2D eigenvalue weighted by molar-refractivity contribution is -0.297. The van der Waals surface area contributed by atoms with E-state index in [-0.39, 0.29) is 13.0 Å². The fraction of sp³-hybridized carbons (Fsp3) is 1.00. The molecule has 2 atom stereocenters. The summed E-state index contributed by atoms with van der Waals surface area (Å²) in [5.74, 6) is -0.502. The van der Waals surface area contributed by atoms with Crippen molar-refractivity contribution in [1.29, 1.82) is 0 Å². The first-order valence-corrected chi connectivity index (χ1v) is 5.56. The maximum absolute atomic E-state index is 13.1. The van der Waals surface area contributed by atoms with Crippen molar-refractivity contribution in [3.05, 3.63) is 0 Å². The molecule has 0 heterocycles. The summed E-state index contributed by atoms with van der Waals surface area (Å²) in [6.45, 7) is 6.84. The summed E-state index contributed by atoms with van der Waals surface area (Å²) in [5, 5.41) is 0. The van der Waals surface area contributed by atoms with Gasteiger partial charge in [-0.3, -0.25) is 0 Å². The van der Waals surface area contributed by atoms with Crippen molar-refractivity contribution in [2.24, 2.45) is 5.92 Å². The minimum atomic E-state index is -4.28. The number of hydrogen-bond acceptors (Lipinski definition) is 1. The fourth-order valence-electron chi connectivity index (χ4n) is 1.92. The van der Waals surface area contributed by atoms with Crippen molar-refractivity contribution in [2.75, 3.05) is 6.61 Å². The average Bonchev–Trinajstić information content (AvgIpc) is 2.14. The van der Waals surface area contributed by atoms with E-state index in [9.17, 15) is 13.2 Å². The smallest absolute Gasteiger partial charge is 0.366 e. The molecule has 1 nitrogen and oxygen atoms in total. The third kappa shape index (κ3) is 3.10. The molecule has 0 radical (unpaired) electrons. The Labute approximate surface area is 90.0 Å².